The summed E-state index contributed by atoms with van der Waals surface area (Å²) in [4.78, 5) is 126. The Balaban J connectivity index is 2.05. The molecule has 0 aromatic heterocycles. The third-order valence-electron chi connectivity index (χ3n) is 13.5. The fourth-order valence-electron chi connectivity index (χ4n) is 9.76. The second kappa shape index (κ2) is 36.4. The van der Waals surface area contributed by atoms with Crippen LogP contribution in [0.2, 0.25) is 0 Å². The number of methoxy groups -OCH3 is 1. The number of alkyl carbamates (subject to hydrolysis) is 6. The molecule has 1 saturated heterocycles. The van der Waals surface area contributed by atoms with Crippen LogP contribution in [0.3, 0.4) is 0 Å². The fraction of sp³-hybridized carbons (Fsp3) is 0.620. The average molecular weight is 1380 g/mol. The molecule has 0 spiro atoms. The van der Waals surface area contributed by atoms with Gasteiger partial charge >= 0.3 is 54.5 Å². The zero-order valence-electron chi connectivity index (χ0n) is 60.4. The Labute approximate surface area is 576 Å². The number of hydrogen-bond donors (Lipinski definition) is 6. The number of hydrogen-bond acceptors (Lipinski definition) is 21. The van der Waals surface area contributed by atoms with Crippen LogP contribution in [0.1, 0.15) is 180 Å². The Kier molecular flexibility index (Phi) is 30.5. The smallest absolute Gasteiger partial charge is 0.408 e. The highest BCUT2D eigenvalue weighted by Crippen LogP contribution is 2.42. The van der Waals surface area contributed by atoms with Gasteiger partial charge in [-0.05, 0) is 180 Å². The van der Waals surface area contributed by atoms with Crippen LogP contribution in [0.4, 0.5) is 28.8 Å². The van der Waals surface area contributed by atoms with Crippen molar-refractivity contribution in [2.24, 2.45) is 0 Å². The van der Waals surface area contributed by atoms with Gasteiger partial charge in [-0.25, -0.2) is 43.2 Å². The molecule has 27 nitrogen and oxygen atoms in total. The summed E-state index contributed by atoms with van der Waals surface area (Å²) in [6.07, 6.45) is -15.5. The Morgan fingerprint density at radius 1 is 0.378 bits per heavy atom. The summed E-state index contributed by atoms with van der Waals surface area (Å²) >= 11 is 0. The van der Waals surface area contributed by atoms with Gasteiger partial charge in [0.15, 0.2) is 24.6 Å². The summed E-state index contributed by atoms with van der Waals surface area (Å²) < 4.78 is 72.7. The molecule has 1 aliphatic heterocycles. The number of carbonyl (C=O) groups is 9. The number of nitrogens with one attached hydrogen (secondary N) is 6. The van der Waals surface area contributed by atoms with Crippen molar-refractivity contribution in [2.45, 2.75) is 251 Å². The lowest BCUT2D eigenvalue weighted by Gasteiger charge is -2.46. The lowest BCUT2D eigenvalue weighted by Crippen LogP contribution is -2.65. The Morgan fingerprint density at radius 2 is 0.643 bits per heavy atom. The minimum absolute atomic E-state index is 0.00128. The van der Waals surface area contributed by atoms with Crippen LogP contribution in [0, 0.1) is 0 Å². The highest BCUT2D eigenvalue weighted by molar-refractivity contribution is 5.84. The molecule has 3 aromatic rings. The summed E-state index contributed by atoms with van der Waals surface area (Å²) in [7, 11) is 1.20. The summed E-state index contributed by atoms with van der Waals surface area (Å²) in [6.45, 7) is 28.8. The van der Waals surface area contributed by atoms with E-state index in [1.165, 1.54) is 7.11 Å². The van der Waals surface area contributed by atoms with Gasteiger partial charge in [0.25, 0.3) is 0 Å². The molecule has 1 fully saturated rings. The van der Waals surface area contributed by atoms with E-state index in [9.17, 15) is 28.8 Å². The first-order valence-electron chi connectivity index (χ1n) is 33.0. The maximum Gasteiger partial charge on any atom is 0.408 e. The molecular weight excluding hydrogens is 1270 g/mol. The molecule has 4 rings (SSSR count). The zero-order valence-corrected chi connectivity index (χ0v) is 60.4. The van der Waals surface area contributed by atoms with E-state index in [2.05, 4.69) is 31.9 Å². The number of amides is 6. The Morgan fingerprint density at radius 3 is 0.918 bits per heavy atom. The van der Waals surface area contributed by atoms with E-state index in [1.54, 1.807) is 125 Å². The van der Waals surface area contributed by atoms with E-state index < -0.39 is 149 Å². The van der Waals surface area contributed by atoms with Crippen molar-refractivity contribution < 1.29 is 100.0 Å². The van der Waals surface area contributed by atoms with E-state index in [-0.39, 0.29) is 58.2 Å². The molecule has 6 amide bonds. The third-order valence-corrected chi connectivity index (χ3v) is 13.5. The standard InChI is InChI=1S/C71H106N6O21/c1-65(2,3)93-59(81)72-41-29-38-48(75-62(84)96-68(10,11)12)55(78)90-52-51(44-88-71(45-32-23-20-24-33-45,46-34-25-21-26-35-46)47-36-27-22-28-37-47)89-58(87-19)54(92-57(80)50(77-64(86)98-70(16,17)18)40-31-43-74-61(83)95-67(7,8)9)53(52)91-56(79)49(76-63(85)97-69(13,14)15)39-30-42-73-60(82)94-66(4,5)6/h20-28,32-37,48-54,58H,29-31,38-44H2,1-19H3,(H,72,81)(H,73,82)(H,74,83)(H,75,84)(H,76,85)(H,77,86)/t48-,49-,50-,51+,52+,53-,54+,58-/m0/s1. The third kappa shape index (κ3) is 29.7. The monoisotopic (exact) mass is 1380 g/mol. The number of ether oxygens (including phenoxy) is 12. The first kappa shape index (κ1) is 82.0. The van der Waals surface area contributed by atoms with E-state index >= 15 is 14.4 Å². The Hall–Kier alpha value is -8.43. The molecule has 8 atom stereocenters. The second-order valence-electron chi connectivity index (χ2n) is 29.4. The molecule has 6 N–H and O–H groups in total. The molecule has 3 aromatic carbocycles. The molecule has 98 heavy (non-hydrogen) atoms. The first-order valence-corrected chi connectivity index (χ1v) is 33.0. The average Bonchev–Trinajstić information content (AvgIpc) is 0.758. The lowest BCUT2D eigenvalue weighted by molar-refractivity contribution is -0.307. The van der Waals surface area contributed by atoms with Crippen molar-refractivity contribution in [1.29, 1.82) is 0 Å². The van der Waals surface area contributed by atoms with Crippen molar-refractivity contribution in [3.8, 4) is 0 Å². The van der Waals surface area contributed by atoms with Crippen molar-refractivity contribution in [3.05, 3.63) is 108 Å². The van der Waals surface area contributed by atoms with Crippen molar-refractivity contribution in [1.82, 2.24) is 31.9 Å². The molecule has 1 aliphatic rings. The second-order valence-corrected chi connectivity index (χ2v) is 29.4. The number of benzene rings is 3. The van der Waals surface area contributed by atoms with Crippen molar-refractivity contribution in [3.63, 3.8) is 0 Å². The molecule has 1 heterocycles. The minimum atomic E-state index is -2.06. The SMILES string of the molecule is CO[C@H]1O[C@H](COC(c2ccccc2)(c2ccccc2)c2ccccc2)[C@@H](OC(=O)[C@H](CCCNC(=O)OC(C)(C)C)NC(=O)OC(C)(C)C)[C@H](OC(=O)[C@H](CCCNC(=O)OC(C)(C)C)NC(=O)OC(C)(C)C)[C@H]1OC(=O)[C@H](CCCNC(=O)OC(C)(C)C)NC(=O)OC(C)(C)C. The lowest BCUT2D eigenvalue weighted by atomic mass is 9.80. The fourth-order valence-corrected chi connectivity index (χ4v) is 9.76. The quantitative estimate of drug-likeness (QED) is 0.0170. The van der Waals surface area contributed by atoms with Crippen LogP contribution in [-0.2, 0) is 76.8 Å². The van der Waals surface area contributed by atoms with Crippen LogP contribution < -0.4 is 31.9 Å². The van der Waals surface area contributed by atoms with Crippen LogP contribution in [-0.4, -0.2) is 170 Å². The van der Waals surface area contributed by atoms with Gasteiger partial charge in [-0.3, -0.25) is 0 Å². The van der Waals surface area contributed by atoms with E-state index in [0.717, 1.165) is 0 Å². The summed E-state index contributed by atoms with van der Waals surface area (Å²) in [6, 6.07) is 22.8. The van der Waals surface area contributed by atoms with Gasteiger partial charge in [0.05, 0.1) is 6.61 Å². The molecule has 546 valence electrons. The number of rotatable bonds is 28. The van der Waals surface area contributed by atoms with E-state index in [0.29, 0.717) is 16.7 Å². The maximum absolute atomic E-state index is 15.5. The Bertz CT molecular complexity index is 2960. The zero-order chi connectivity index (χ0) is 73.5. The first-order chi connectivity index (χ1) is 45.5. The van der Waals surface area contributed by atoms with Crippen LogP contribution in [0.25, 0.3) is 0 Å². The van der Waals surface area contributed by atoms with E-state index in [1.807, 2.05) is 91.0 Å². The van der Waals surface area contributed by atoms with Crippen LogP contribution in [0.15, 0.2) is 91.0 Å². The predicted octanol–water partition coefficient (Wildman–Crippen LogP) is 10.7. The summed E-state index contributed by atoms with van der Waals surface area (Å²) in [5.74, 6) is -3.61. The molecule has 0 unspecified atom stereocenters. The largest absolute Gasteiger partial charge is 0.454 e. The summed E-state index contributed by atoms with van der Waals surface area (Å²) in [5.41, 5.74) is -5.41. The minimum Gasteiger partial charge on any atom is -0.454 e. The maximum atomic E-state index is 15.5. The molecule has 0 bridgehead atoms. The molecule has 0 saturated carbocycles. The van der Waals surface area contributed by atoms with Gasteiger partial charge in [-0.15, -0.1) is 0 Å². The normalized spacial score (nSPS) is 17.7. The van der Waals surface area contributed by atoms with Gasteiger partial charge in [0.1, 0.15) is 63.4 Å². The molecular formula is C71H106N6O21. The summed E-state index contributed by atoms with van der Waals surface area (Å²) in [5, 5.41) is 15.6. The topological polar surface area (TPSA) is 337 Å². The van der Waals surface area contributed by atoms with Crippen LogP contribution in [0.5, 0.6) is 0 Å². The van der Waals surface area contributed by atoms with Crippen molar-refractivity contribution >= 4 is 54.5 Å². The van der Waals surface area contributed by atoms with Gasteiger partial charge < -0.3 is 88.7 Å². The van der Waals surface area contributed by atoms with Gasteiger partial charge in [0.2, 0.25) is 0 Å². The highest BCUT2D eigenvalue weighted by atomic mass is 16.7. The predicted molar refractivity (Wildman–Crippen MR) is 360 cm³/mol. The van der Waals surface area contributed by atoms with Crippen LogP contribution >= 0.6 is 0 Å². The molecule has 0 radical (unpaired) electrons. The molecule has 27 heteroatoms. The number of carbonyl (C=O) groups excluding carboxylic acids is 9. The van der Waals surface area contributed by atoms with Crippen molar-refractivity contribution in [2.75, 3.05) is 33.4 Å². The molecule has 0 aliphatic carbocycles. The van der Waals surface area contributed by atoms with Gasteiger partial charge in [0, 0.05) is 26.7 Å². The highest BCUT2D eigenvalue weighted by Gasteiger charge is 2.55. The van der Waals surface area contributed by atoms with Gasteiger partial charge in [-0.1, -0.05) is 91.0 Å². The van der Waals surface area contributed by atoms with E-state index in [4.69, 9.17) is 56.8 Å². The van der Waals surface area contributed by atoms with Gasteiger partial charge in [-0.2, -0.15) is 0 Å². The number of esters is 3.